The Kier molecular flexibility index (Phi) is 4.54. The summed E-state index contributed by atoms with van der Waals surface area (Å²) in [7, 11) is 4.93. The van der Waals surface area contributed by atoms with Gasteiger partial charge >= 0.3 is 0 Å². The lowest BCUT2D eigenvalue weighted by molar-refractivity contribution is 0.395. The number of ether oxygens (including phenoxy) is 3. The van der Waals surface area contributed by atoms with E-state index in [9.17, 15) is 0 Å². The van der Waals surface area contributed by atoms with Crippen molar-refractivity contribution in [2.75, 3.05) is 26.6 Å². The minimum Gasteiger partial charge on any atom is -0.497 e. The number of anilines is 2. The molecule has 0 fully saturated rings. The molecule has 3 aromatic rings. The lowest BCUT2D eigenvalue weighted by Crippen LogP contribution is -2.09. The van der Waals surface area contributed by atoms with Crippen molar-refractivity contribution in [1.29, 1.82) is 0 Å². The Hall–Kier alpha value is -3.28. The van der Waals surface area contributed by atoms with E-state index in [2.05, 4.69) is 22.4 Å². The molecule has 0 radical (unpaired) electrons. The van der Waals surface area contributed by atoms with Crippen LogP contribution in [-0.2, 0) is 12.8 Å². The van der Waals surface area contributed by atoms with Crippen LogP contribution in [0.15, 0.2) is 42.6 Å². The molecule has 1 N–H and O–H groups in total. The Bertz CT molecular complexity index is 988. The molecule has 1 aromatic heterocycles. The van der Waals surface area contributed by atoms with Gasteiger partial charge in [-0.1, -0.05) is 0 Å². The third kappa shape index (κ3) is 3.26. The number of nitrogens with zero attached hydrogens (tertiary/aromatic N) is 2. The van der Waals surface area contributed by atoms with Gasteiger partial charge < -0.3 is 19.5 Å². The molecule has 1 aliphatic rings. The van der Waals surface area contributed by atoms with Crippen molar-refractivity contribution in [3.63, 3.8) is 0 Å². The lowest BCUT2D eigenvalue weighted by Gasteiger charge is -2.20. The van der Waals surface area contributed by atoms with Gasteiger partial charge in [-0.15, -0.1) is 0 Å². The summed E-state index contributed by atoms with van der Waals surface area (Å²) in [5.74, 6) is 2.79. The lowest BCUT2D eigenvalue weighted by atomic mass is 9.90. The highest BCUT2D eigenvalue weighted by atomic mass is 16.5. The number of hydrogen-bond acceptors (Lipinski definition) is 6. The van der Waals surface area contributed by atoms with Gasteiger partial charge in [0.05, 0.1) is 32.7 Å². The second-order valence-corrected chi connectivity index (χ2v) is 6.28. The minimum atomic E-state index is 0.529. The monoisotopic (exact) mass is 363 g/mol. The summed E-state index contributed by atoms with van der Waals surface area (Å²) >= 11 is 0. The highest BCUT2D eigenvalue weighted by Crippen LogP contribution is 2.35. The molecule has 0 amide bonds. The third-order valence-electron chi connectivity index (χ3n) is 4.75. The van der Waals surface area contributed by atoms with Crippen molar-refractivity contribution >= 4 is 11.6 Å². The van der Waals surface area contributed by atoms with Gasteiger partial charge in [-0.25, -0.2) is 9.97 Å². The van der Waals surface area contributed by atoms with E-state index in [-0.39, 0.29) is 0 Å². The van der Waals surface area contributed by atoms with Crippen LogP contribution in [0.4, 0.5) is 11.6 Å². The highest BCUT2D eigenvalue weighted by Gasteiger charge is 2.19. The van der Waals surface area contributed by atoms with Gasteiger partial charge in [-0.05, 0) is 54.3 Å². The van der Waals surface area contributed by atoms with Gasteiger partial charge in [0, 0.05) is 17.8 Å². The zero-order chi connectivity index (χ0) is 18.8. The van der Waals surface area contributed by atoms with Crippen molar-refractivity contribution in [2.24, 2.45) is 0 Å². The van der Waals surface area contributed by atoms with Crippen LogP contribution in [-0.4, -0.2) is 31.3 Å². The van der Waals surface area contributed by atoms with E-state index >= 15 is 0 Å². The van der Waals surface area contributed by atoms with Gasteiger partial charge in [-0.2, -0.15) is 0 Å². The predicted molar refractivity (Wildman–Crippen MR) is 104 cm³/mol. The Morgan fingerprint density at radius 3 is 2.37 bits per heavy atom. The van der Waals surface area contributed by atoms with Crippen LogP contribution in [0.25, 0.3) is 11.3 Å². The fraction of sp³-hybridized carbons (Fsp3) is 0.238. The quantitative estimate of drug-likeness (QED) is 0.739. The molecule has 0 spiro atoms. The molecule has 0 aliphatic heterocycles. The van der Waals surface area contributed by atoms with E-state index in [0.717, 1.165) is 46.8 Å². The normalized spacial score (nSPS) is 12.0. The average Bonchev–Trinajstić information content (AvgIpc) is 2.73. The summed E-state index contributed by atoms with van der Waals surface area (Å²) in [6.45, 7) is 0. The first-order valence-electron chi connectivity index (χ1n) is 8.74. The molecule has 0 atom stereocenters. The summed E-state index contributed by atoms with van der Waals surface area (Å²) in [6, 6.07) is 11.7. The fourth-order valence-corrected chi connectivity index (χ4v) is 3.31. The molecule has 0 unspecified atom stereocenters. The van der Waals surface area contributed by atoms with E-state index in [1.807, 2.05) is 30.5 Å². The number of rotatable bonds is 5. The molecule has 138 valence electrons. The molecule has 2 aromatic carbocycles. The molecule has 4 rings (SSSR count). The summed E-state index contributed by atoms with van der Waals surface area (Å²) in [4.78, 5) is 9.25. The van der Waals surface area contributed by atoms with E-state index < -0.39 is 0 Å². The second kappa shape index (κ2) is 7.15. The topological polar surface area (TPSA) is 65.5 Å². The van der Waals surface area contributed by atoms with Crippen LogP contribution in [0.3, 0.4) is 0 Å². The minimum absolute atomic E-state index is 0.529. The first-order valence-corrected chi connectivity index (χ1v) is 8.74. The molecule has 6 heteroatoms. The Morgan fingerprint density at radius 2 is 1.59 bits per heavy atom. The molecule has 1 heterocycles. The molecule has 0 saturated carbocycles. The van der Waals surface area contributed by atoms with Crippen LogP contribution < -0.4 is 19.5 Å². The van der Waals surface area contributed by atoms with Gasteiger partial charge in [0.15, 0.2) is 0 Å². The van der Waals surface area contributed by atoms with Crippen LogP contribution in [0, 0.1) is 0 Å². The van der Waals surface area contributed by atoms with E-state index in [0.29, 0.717) is 11.7 Å². The Labute approximate surface area is 158 Å². The standard InChI is InChI=1S/C21H21N3O3/c1-25-15-6-8-17-13(10-15)4-5-14-12-22-21(24-20(14)17)23-18-9-7-16(26-2)11-19(18)27-3/h6-12H,4-5H2,1-3H3,(H,22,23,24). The van der Waals surface area contributed by atoms with Crippen molar-refractivity contribution in [3.8, 4) is 28.5 Å². The van der Waals surface area contributed by atoms with Crippen LogP contribution in [0.5, 0.6) is 17.2 Å². The van der Waals surface area contributed by atoms with Crippen molar-refractivity contribution in [3.05, 3.63) is 53.7 Å². The molecule has 27 heavy (non-hydrogen) atoms. The highest BCUT2D eigenvalue weighted by molar-refractivity contribution is 5.72. The zero-order valence-electron chi connectivity index (χ0n) is 15.6. The van der Waals surface area contributed by atoms with Crippen molar-refractivity contribution < 1.29 is 14.2 Å². The van der Waals surface area contributed by atoms with Gasteiger partial charge in [0.1, 0.15) is 17.2 Å². The molecule has 0 saturated heterocycles. The van der Waals surface area contributed by atoms with E-state index in [4.69, 9.17) is 19.2 Å². The van der Waals surface area contributed by atoms with Crippen molar-refractivity contribution in [1.82, 2.24) is 9.97 Å². The van der Waals surface area contributed by atoms with Crippen LogP contribution in [0.2, 0.25) is 0 Å². The third-order valence-corrected chi connectivity index (χ3v) is 4.75. The molecule has 0 bridgehead atoms. The summed E-state index contributed by atoms with van der Waals surface area (Å²) < 4.78 is 16.0. The SMILES string of the molecule is COc1ccc2c(c1)CCc1cnc(Nc3ccc(OC)cc3OC)nc1-2. The second-order valence-electron chi connectivity index (χ2n) is 6.28. The predicted octanol–water partition coefficient (Wildman–Crippen LogP) is 4.01. The van der Waals surface area contributed by atoms with Crippen LogP contribution in [0.1, 0.15) is 11.1 Å². The van der Waals surface area contributed by atoms with Crippen LogP contribution >= 0.6 is 0 Å². The van der Waals surface area contributed by atoms with E-state index in [1.54, 1.807) is 21.3 Å². The number of aromatic nitrogens is 2. The zero-order valence-corrected chi connectivity index (χ0v) is 15.6. The number of methoxy groups -OCH3 is 3. The van der Waals surface area contributed by atoms with Gasteiger partial charge in [0.25, 0.3) is 0 Å². The number of benzene rings is 2. The first-order chi connectivity index (χ1) is 13.2. The number of aryl methyl sites for hydroxylation is 2. The number of fused-ring (bicyclic) bond motifs is 3. The van der Waals surface area contributed by atoms with Crippen molar-refractivity contribution in [2.45, 2.75) is 12.8 Å². The maximum Gasteiger partial charge on any atom is 0.227 e. The largest absolute Gasteiger partial charge is 0.497 e. The number of hydrogen-bond donors (Lipinski definition) is 1. The molecular formula is C21H21N3O3. The van der Waals surface area contributed by atoms with Gasteiger partial charge in [0.2, 0.25) is 5.95 Å². The summed E-state index contributed by atoms with van der Waals surface area (Å²) in [6.07, 6.45) is 3.78. The smallest absolute Gasteiger partial charge is 0.227 e. The molecule has 6 nitrogen and oxygen atoms in total. The molecular weight excluding hydrogens is 342 g/mol. The van der Waals surface area contributed by atoms with Gasteiger partial charge in [-0.3, -0.25) is 0 Å². The summed E-state index contributed by atoms with van der Waals surface area (Å²) in [5, 5.41) is 3.25. The summed E-state index contributed by atoms with van der Waals surface area (Å²) in [5.41, 5.74) is 5.27. The molecule has 1 aliphatic carbocycles. The first kappa shape index (κ1) is 17.1. The number of nitrogens with one attached hydrogen (secondary N) is 1. The Morgan fingerprint density at radius 1 is 0.852 bits per heavy atom. The average molecular weight is 363 g/mol. The maximum atomic E-state index is 5.44. The maximum absolute atomic E-state index is 5.44. The fourth-order valence-electron chi connectivity index (χ4n) is 3.31. The Balaban J connectivity index is 1.69. The van der Waals surface area contributed by atoms with E-state index in [1.165, 1.54) is 5.56 Å².